The monoisotopic (exact) mass is 144 g/mol. The van der Waals surface area contributed by atoms with E-state index in [1.165, 1.54) is 0 Å². The lowest BCUT2D eigenvalue weighted by Gasteiger charge is -1.79. The maximum atomic E-state index is 10.1. The first kappa shape index (κ1) is 9.10. The zero-order chi connectivity index (χ0) is 7.98. The second-order valence-corrected chi connectivity index (χ2v) is 1.97. The molecule has 1 aliphatic heterocycles. The third kappa shape index (κ3) is 4.03. The molecule has 1 rings (SSSR count). The van der Waals surface area contributed by atoms with E-state index in [0.29, 0.717) is 12.8 Å². The molecule has 0 radical (unpaired) electrons. The molecule has 4 nitrogen and oxygen atoms in total. The number of rotatable bonds is 0. The maximum Gasteiger partial charge on any atom is 0.227 e. The Hall–Kier alpha value is -0.900. The highest BCUT2D eigenvalue weighted by Gasteiger charge is 2.15. The first-order chi connectivity index (χ1) is 4.70. The van der Waals surface area contributed by atoms with Crippen molar-refractivity contribution in [3.05, 3.63) is 0 Å². The van der Waals surface area contributed by atoms with Crippen LogP contribution in [0.15, 0.2) is 0 Å². The number of hydrogen-bond donors (Lipinski definition) is 2. The summed E-state index contributed by atoms with van der Waals surface area (Å²) in [7, 11) is 3.75. The van der Waals surface area contributed by atoms with Crippen LogP contribution in [0.4, 0.5) is 0 Å². The minimum Gasteiger partial charge on any atom is -0.323 e. The van der Waals surface area contributed by atoms with E-state index in [0.717, 1.165) is 0 Å². The van der Waals surface area contributed by atoms with E-state index in [-0.39, 0.29) is 11.8 Å². The minimum absolute atomic E-state index is 0.148. The van der Waals surface area contributed by atoms with E-state index in [9.17, 15) is 9.59 Å². The molecule has 0 aromatic rings. The zero-order valence-electron chi connectivity index (χ0n) is 6.23. The van der Waals surface area contributed by atoms with Crippen LogP contribution >= 0.6 is 0 Å². The molecule has 0 unspecified atom stereocenters. The quantitative estimate of drug-likeness (QED) is 0.440. The third-order valence-corrected chi connectivity index (χ3v) is 0.858. The van der Waals surface area contributed by atoms with Gasteiger partial charge in [-0.05, 0) is 14.1 Å². The van der Waals surface area contributed by atoms with Gasteiger partial charge >= 0.3 is 0 Å². The van der Waals surface area contributed by atoms with Crippen LogP contribution in [0.2, 0.25) is 0 Å². The summed E-state index contributed by atoms with van der Waals surface area (Å²) >= 11 is 0. The van der Waals surface area contributed by atoms with Crippen molar-refractivity contribution < 1.29 is 9.59 Å². The van der Waals surface area contributed by atoms with Gasteiger partial charge in [-0.3, -0.25) is 14.9 Å². The summed E-state index contributed by atoms with van der Waals surface area (Å²) < 4.78 is 0. The molecule has 58 valence electrons. The van der Waals surface area contributed by atoms with Crippen LogP contribution in [0, 0.1) is 0 Å². The number of carbonyl (C=O) groups excluding carboxylic acids is 2. The predicted octanol–water partition coefficient (Wildman–Crippen LogP) is -0.741. The first-order valence-electron chi connectivity index (χ1n) is 3.12. The molecular weight excluding hydrogens is 132 g/mol. The van der Waals surface area contributed by atoms with Gasteiger partial charge in [-0.2, -0.15) is 0 Å². The molecule has 1 fully saturated rings. The Morgan fingerprint density at radius 1 is 1.20 bits per heavy atom. The minimum atomic E-state index is -0.148. The van der Waals surface area contributed by atoms with Gasteiger partial charge in [0, 0.05) is 12.8 Å². The van der Waals surface area contributed by atoms with Crippen molar-refractivity contribution in [1.29, 1.82) is 0 Å². The van der Waals surface area contributed by atoms with Gasteiger partial charge in [-0.15, -0.1) is 0 Å². The average Bonchev–Trinajstić information content (AvgIpc) is 2.17. The summed E-state index contributed by atoms with van der Waals surface area (Å²) in [5, 5.41) is 4.89. The van der Waals surface area contributed by atoms with E-state index in [1.807, 2.05) is 14.1 Å². The standard InChI is InChI=1S/C4H5NO2.C2H7N/c6-3-1-2-4(7)5-3;1-3-2/h1-2H2,(H,5,6,7);3H,1-2H3. The second-order valence-electron chi connectivity index (χ2n) is 1.97. The molecule has 1 heterocycles. The highest BCUT2D eigenvalue weighted by molar-refractivity contribution is 6.01. The van der Waals surface area contributed by atoms with E-state index in [4.69, 9.17) is 0 Å². The van der Waals surface area contributed by atoms with Gasteiger partial charge in [-0.1, -0.05) is 0 Å². The van der Waals surface area contributed by atoms with Crippen LogP contribution < -0.4 is 10.6 Å². The fourth-order valence-corrected chi connectivity index (χ4v) is 0.508. The summed E-state index contributed by atoms with van der Waals surface area (Å²) in [6, 6.07) is 0. The Labute approximate surface area is 60.0 Å². The molecular formula is C6H12N2O2. The summed E-state index contributed by atoms with van der Waals surface area (Å²) in [6.07, 6.45) is 0.748. The van der Waals surface area contributed by atoms with E-state index >= 15 is 0 Å². The summed E-state index contributed by atoms with van der Waals surface area (Å²) in [4.78, 5) is 20.2. The van der Waals surface area contributed by atoms with E-state index in [2.05, 4.69) is 10.6 Å². The number of amides is 2. The van der Waals surface area contributed by atoms with Crippen LogP contribution in [0.3, 0.4) is 0 Å². The fourth-order valence-electron chi connectivity index (χ4n) is 0.508. The molecule has 0 aromatic heterocycles. The highest BCUT2D eigenvalue weighted by Crippen LogP contribution is 1.95. The Morgan fingerprint density at radius 3 is 1.60 bits per heavy atom. The van der Waals surface area contributed by atoms with E-state index in [1.54, 1.807) is 0 Å². The number of imide groups is 1. The molecule has 4 heteroatoms. The van der Waals surface area contributed by atoms with Crippen LogP contribution in [0.1, 0.15) is 12.8 Å². The molecule has 0 aliphatic carbocycles. The van der Waals surface area contributed by atoms with Crippen LogP contribution in [0.25, 0.3) is 0 Å². The number of carbonyl (C=O) groups is 2. The summed E-state index contributed by atoms with van der Waals surface area (Å²) in [5.74, 6) is -0.296. The Balaban J connectivity index is 0.000000236. The van der Waals surface area contributed by atoms with E-state index < -0.39 is 0 Å². The van der Waals surface area contributed by atoms with Crippen LogP contribution in [-0.2, 0) is 9.59 Å². The van der Waals surface area contributed by atoms with Crippen molar-refractivity contribution in [2.75, 3.05) is 14.1 Å². The zero-order valence-corrected chi connectivity index (χ0v) is 6.23. The molecule has 2 amide bonds. The van der Waals surface area contributed by atoms with Crippen molar-refractivity contribution in [3.63, 3.8) is 0 Å². The molecule has 1 saturated heterocycles. The molecule has 1 aliphatic rings. The topological polar surface area (TPSA) is 58.2 Å². The third-order valence-electron chi connectivity index (χ3n) is 0.858. The Morgan fingerprint density at radius 2 is 1.50 bits per heavy atom. The number of nitrogens with one attached hydrogen (secondary N) is 2. The van der Waals surface area contributed by atoms with Crippen LogP contribution in [0.5, 0.6) is 0 Å². The van der Waals surface area contributed by atoms with Gasteiger partial charge in [0.1, 0.15) is 0 Å². The van der Waals surface area contributed by atoms with Crippen molar-refractivity contribution in [3.8, 4) is 0 Å². The Kier molecular flexibility index (Phi) is 4.49. The molecule has 10 heavy (non-hydrogen) atoms. The average molecular weight is 144 g/mol. The Bertz CT molecular complexity index is 120. The largest absolute Gasteiger partial charge is 0.323 e. The molecule has 2 N–H and O–H groups in total. The molecule has 0 bridgehead atoms. The smallest absolute Gasteiger partial charge is 0.227 e. The van der Waals surface area contributed by atoms with Gasteiger partial charge in [0.05, 0.1) is 0 Å². The normalized spacial score (nSPS) is 15.8. The van der Waals surface area contributed by atoms with Crippen molar-refractivity contribution in [2.24, 2.45) is 0 Å². The number of hydrogen-bond acceptors (Lipinski definition) is 3. The lowest BCUT2D eigenvalue weighted by Crippen LogP contribution is -2.18. The lowest BCUT2D eigenvalue weighted by atomic mass is 10.4. The molecule has 0 atom stereocenters. The summed E-state index contributed by atoms with van der Waals surface area (Å²) in [6.45, 7) is 0. The van der Waals surface area contributed by atoms with Gasteiger partial charge < -0.3 is 5.32 Å². The maximum absolute atomic E-state index is 10.1. The molecule has 0 saturated carbocycles. The predicted molar refractivity (Wildman–Crippen MR) is 37.4 cm³/mol. The molecule has 0 aromatic carbocycles. The van der Waals surface area contributed by atoms with Crippen molar-refractivity contribution >= 4 is 11.8 Å². The van der Waals surface area contributed by atoms with Crippen molar-refractivity contribution in [1.82, 2.24) is 10.6 Å². The van der Waals surface area contributed by atoms with Crippen LogP contribution in [-0.4, -0.2) is 25.9 Å². The molecule has 0 spiro atoms. The van der Waals surface area contributed by atoms with Gasteiger partial charge in [0.15, 0.2) is 0 Å². The fraction of sp³-hybridized carbons (Fsp3) is 0.667. The highest BCUT2D eigenvalue weighted by atomic mass is 16.2. The first-order valence-corrected chi connectivity index (χ1v) is 3.12. The van der Waals surface area contributed by atoms with Gasteiger partial charge in [-0.25, -0.2) is 0 Å². The van der Waals surface area contributed by atoms with Crippen molar-refractivity contribution in [2.45, 2.75) is 12.8 Å². The summed E-state index contributed by atoms with van der Waals surface area (Å²) in [5.41, 5.74) is 0. The van der Waals surface area contributed by atoms with Gasteiger partial charge in [0.25, 0.3) is 0 Å². The lowest BCUT2D eigenvalue weighted by molar-refractivity contribution is -0.124. The van der Waals surface area contributed by atoms with Gasteiger partial charge in [0.2, 0.25) is 11.8 Å². The SMILES string of the molecule is CNC.O=C1CCC(=O)N1. The second kappa shape index (κ2) is 4.93.